The molecule has 1 aliphatic heterocycles. The fourth-order valence-corrected chi connectivity index (χ4v) is 2.96. The van der Waals surface area contributed by atoms with Crippen molar-refractivity contribution in [2.24, 2.45) is 5.92 Å². The van der Waals surface area contributed by atoms with Gasteiger partial charge in [-0.1, -0.05) is 0 Å². The van der Waals surface area contributed by atoms with Crippen molar-refractivity contribution >= 4 is 28.3 Å². The van der Waals surface area contributed by atoms with Crippen LogP contribution in [0.5, 0.6) is 0 Å². The molecule has 1 N–H and O–H groups in total. The highest BCUT2D eigenvalue weighted by molar-refractivity contribution is 7.14. The summed E-state index contributed by atoms with van der Waals surface area (Å²) in [5.41, 5.74) is 1.05. The lowest BCUT2D eigenvalue weighted by Crippen LogP contribution is -2.25. The van der Waals surface area contributed by atoms with Crippen LogP contribution in [-0.4, -0.2) is 28.5 Å². The first-order chi connectivity index (χ1) is 8.15. The molecule has 1 atom stereocenters. The Bertz CT molecular complexity index is 481. The molecule has 6 heteroatoms. The third-order valence-electron chi connectivity index (χ3n) is 3.21. The van der Waals surface area contributed by atoms with Crippen LogP contribution in [-0.2, 0) is 9.59 Å². The molecule has 3 rings (SSSR count). The number of aliphatic carboxylic acids is 1. The number of carbonyl (C=O) groups excluding carboxylic acids is 1. The lowest BCUT2D eigenvalue weighted by molar-refractivity contribution is -0.141. The van der Waals surface area contributed by atoms with Crippen molar-refractivity contribution in [2.75, 3.05) is 11.4 Å². The third-order valence-corrected chi connectivity index (χ3v) is 4.09. The van der Waals surface area contributed by atoms with Crippen molar-refractivity contribution in [3.05, 3.63) is 11.1 Å². The van der Waals surface area contributed by atoms with E-state index in [2.05, 4.69) is 4.98 Å². The van der Waals surface area contributed by atoms with E-state index in [0.29, 0.717) is 11.0 Å². The first kappa shape index (κ1) is 10.7. The van der Waals surface area contributed by atoms with Gasteiger partial charge in [-0.15, -0.1) is 11.3 Å². The number of amides is 1. The first-order valence-corrected chi connectivity index (χ1v) is 6.51. The van der Waals surface area contributed by atoms with E-state index in [1.165, 1.54) is 29.1 Å². The zero-order valence-electron chi connectivity index (χ0n) is 9.13. The van der Waals surface area contributed by atoms with E-state index < -0.39 is 11.9 Å². The molecule has 1 aromatic heterocycles. The van der Waals surface area contributed by atoms with Crippen LogP contribution in [0.3, 0.4) is 0 Å². The molecule has 90 valence electrons. The van der Waals surface area contributed by atoms with Crippen LogP contribution in [0.15, 0.2) is 5.38 Å². The number of carbonyl (C=O) groups is 2. The van der Waals surface area contributed by atoms with E-state index in [4.69, 9.17) is 5.11 Å². The molecule has 1 aliphatic carbocycles. The Balaban J connectivity index is 1.78. The minimum Gasteiger partial charge on any atom is -0.481 e. The monoisotopic (exact) mass is 252 g/mol. The fourth-order valence-electron chi connectivity index (χ4n) is 2.02. The molecular weight excluding hydrogens is 240 g/mol. The number of hydrogen-bond donors (Lipinski definition) is 1. The van der Waals surface area contributed by atoms with Crippen molar-refractivity contribution in [1.29, 1.82) is 0 Å². The smallest absolute Gasteiger partial charge is 0.308 e. The van der Waals surface area contributed by atoms with Gasteiger partial charge in [0.05, 0.1) is 11.6 Å². The highest BCUT2D eigenvalue weighted by atomic mass is 32.1. The molecule has 0 aromatic carbocycles. The van der Waals surface area contributed by atoms with Crippen LogP contribution in [0.25, 0.3) is 0 Å². The molecule has 17 heavy (non-hydrogen) atoms. The van der Waals surface area contributed by atoms with Crippen LogP contribution in [0.1, 0.15) is 30.9 Å². The lowest BCUT2D eigenvalue weighted by Gasteiger charge is -2.11. The Kier molecular flexibility index (Phi) is 2.39. The molecule has 0 radical (unpaired) electrons. The molecule has 2 aliphatic rings. The van der Waals surface area contributed by atoms with Crippen LogP contribution < -0.4 is 4.90 Å². The maximum atomic E-state index is 11.7. The lowest BCUT2D eigenvalue weighted by atomic mass is 10.1. The van der Waals surface area contributed by atoms with E-state index >= 15 is 0 Å². The van der Waals surface area contributed by atoms with Gasteiger partial charge in [0, 0.05) is 24.3 Å². The van der Waals surface area contributed by atoms with Gasteiger partial charge in [0.15, 0.2) is 5.13 Å². The van der Waals surface area contributed by atoms with E-state index in [1.807, 2.05) is 5.38 Å². The van der Waals surface area contributed by atoms with Gasteiger partial charge < -0.3 is 5.11 Å². The highest BCUT2D eigenvalue weighted by Crippen LogP contribution is 2.41. The molecular formula is C11H12N2O3S. The van der Waals surface area contributed by atoms with Crippen LogP contribution in [0.4, 0.5) is 5.13 Å². The predicted octanol–water partition coefficient (Wildman–Crippen LogP) is 1.46. The van der Waals surface area contributed by atoms with Gasteiger partial charge in [0.1, 0.15) is 0 Å². The van der Waals surface area contributed by atoms with Gasteiger partial charge in [-0.25, -0.2) is 4.98 Å². The number of carboxylic acid groups (broad SMARTS) is 1. The van der Waals surface area contributed by atoms with Crippen molar-refractivity contribution in [3.63, 3.8) is 0 Å². The van der Waals surface area contributed by atoms with Crippen LogP contribution in [0.2, 0.25) is 0 Å². The maximum absolute atomic E-state index is 11.7. The molecule has 1 amide bonds. The van der Waals surface area contributed by atoms with Gasteiger partial charge >= 0.3 is 5.97 Å². The Morgan fingerprint density at radius 2 is 2.29 bits per heavy atom. The Labute approximate surface area is 102 Å². The third kappa shape index (κ3) is 1.93. The normalized spacial score (nSPS) is 24.4. The molecule has 1 saturated carbocycles. The largest absolute Gasteiger partial charge is 0.481 e. The number of hydrogen-bond acceptors (Lipinski definition) is 4. The summed E-state index contributed by atoms with van der Waals surface area (Å²) in [4.78, 5) is 28.5. The Hall–Kier alpha value is -1.43. The summed E-state index contributed by atoms with van der Waals surface area (Å²) in [6.07, 6.45) is 2.44. The van der Waals surface area contributed by atoms with E-state index in [-0.39, 0.29) is 18.9 Å². The quantitative estimate of drug-likeness (QED) is 0.884. The number of aromatic nitrogens is 1. The van der Waals surface area contributed by atoms with Gasteiger partial charge in [-0.05, 0) is 12.8 Å². The van der Waals surface area contributed by atoms with Gasteiger partial charge in [-0.3, -0.25) is 14.5 Å². The molecule has 0 spiro atoms. The molecule has 1 saturated heterocycles. The average molecular weight is 252 g/mol. The Morgan fingerprint density at radius 3 is 2.88 bits per heavy atom. The second-order valence-corrected chi connectivity index (χ2v) is 5.41. The molecule has 1 aromatic rings. The standard InChI is InChI=1S/C11H12N2O3S/c14-9-3-7(10(15)16)4-13(9)11-12-8(5-17-11)6-1-2-6/h5-7H,1-4H2,(H,15,16). The molecule has 5 nitrogen and oxygen atoms in total. The zero-order chi connectivity index (χ0) is 12.0. The summed E-state index contributed by atoms with van der Waals surface area (Å²) in [6.45, 7) is 0.256. The predicted molar refractivity (Wildman–Crippen MR) is 62.2 cm³/mol. The average Bonchev–Trinajstić information content (AvgIpc) is 2.88. The Morgan fingerprint density at radius 1 is 1.53 bits per heavy atom. The van der Waals surface area contributed by atoms with Crippen molar-refractivity contribution in [3.8, 4) is 0 Å². The number of rotatable bonds is 3. The molecule has 2 fully saturated rings. The summed E-state index contributed by atoms with van der Waals surface area (Å²) < 4.78 is 0. The zero-order valence-corrected chi connectivity index (χ0v) is 9.94. The van der Waals surface area contributed by atoms with E-state index in [9.17, 15) is 9.59 Å². The first-order valence-electron chi connectivity index (χ1n) is 5.63. The second-order valence-electron chi connectivity index (χ2n) is 4.57. The van der Waals surface area contributed by atoms with E-state index in [0.717, 1.165) is 5.69 Å². The number of anilines is 1. The molecule has 1 unspecified atom stereocenters. The highest BCUT2D eigenvalue weighted by Gasteiger charge is 2.37. The van der Waals surface area contributed by atoms with Gasteiger partial charge in [-0.2, -0.15) is 0 Å². The minimum atomic E-state index is -0.903. The summed E-state index contributed by atoms with van der Waals surface area (Å²) in [7, 11) is 0. The molecule has 0 bridgehead atoms. The number of nitrogens with zero attached hydrogens (tertiary/aromatic N) is 2. The SMILES string of the molecule is O=C(O)C1CC(=O)N(c2nc(C3CC3)cs2)C1. The summed E-state index contributed by atoms with van der Waals surface area (Å²) in [5.74, 6) is -1.06. The topological polar surface area (TPSA) is 70.5 Å². The summed E-state index contributed by atoms with van der Waals surface area (Å²) in [5, 5.41) is 11.5. The fraction of sp³-hybridized carbons (Fsp3) is 0.545. The number of thiazole rings is 1. The summed E-state index contributed by atoms with van der Waals surface area (Å²) in [6, 6.07) is 0. The van der Waals surface area contributed by atoms with Gasteiger partial charge in [0.25, 0.3) is 0 Å². The van der Waals surface area contributed by atoms with Crippen molar-refractivity contribution in [1.82, 2.24) is 4.98 Å². The summed E-state index contributed by atoms with van der Waals surface area (Å²) >= 11 is 1.43. The van der Waals surface area contributed by atoms with Crippen molar-refractivity contribution in [2.45, 2.75) is 25.2 Å². The van der Waals surface area contributed by atoms with Crippen molar-refractivity contribution < 1.29 is 14.7 Å². The number of carboxylic acids is 1. The van der Waals surface area contributed by atoms with E-state index in [1.54, 1.807) is 0 Å². The minimum absolute atomic E-state index is 0.0909. The molecule has 2 heterocycles. The van der Waals surface area contributed by atoms with Crippen LogP contribution >= 0.6 is 11.3 Å². The maximum Gasteiger partial charge on any atom is 0.308 e. The van der Waals surface area contributed by atoms with Gasteiger partial charge in [0.2, 0.25) is 5.91 Å². The second kappa shape index (κ2) is 3.80. The van der Waals surface area contributed by atoms with Crippen LogP contribution in [0, 0.1) is 5.92 Å².